The van der Waals surface area contributed by atoms with Crippen LogP contribution in [0.4, 0.5) is 18.9 Å². The van der Waals surface area contributed by atoms with Crippen LogP contribution in [-0.2, 0) is 21.2 Å². The van der Waals surface area contributed by atoms with Gasteiger partial charge in [0.05, 0.1) is 17.0 Å². The molecule has 1 fully saturated rings. The second-order valence-electron chi connectivity index (χ2n) is 14.8. The predicted octanol–water partition coefficient (Wildman–Crippen LogP) is 11.4. The zero-order valence-electron chi connectivity index (χ0n) is 31.0. The molecule has 52 heavy (non-hydrogen) atoms. The van der Waals surface area contributed by atoms with Crippen LogP contribution in [0.1, 0.15) is 84.8 Å². The molecule has 0 saturated heterocycles. The number of methoxy groups -OCH3 is 1. The Morgan fingerprint density at radius 1 is 0.981 bits per heavy atom. The molecule has 0 amide bonds. The maximum absolute atomic E-state index is 15.9. The molecule has 1 N–H and O–H groups in total. The van der Waals surface area contributed by atoms with Gasteiger partial charge in [0.1, 0.15) is 11.6 Å². The first-order valence-electron chi connectivity index (χ1n) is 18.0. The third kappa shape index (κ3) is 8.72. The molecular weight excluding hydrogens is 725 g/mol. The van der Waals surface area contributed by atoms with Gasteiger partial charge < -0.3 is 9.64 Å². The van der Waals surface area contributed by atoms with Crippen LogP contribution in [0.25, 0.3) is 0 Å². The molecule has 3 aromatic rings. The minimum absolute atomic E-state index is 0.0203. The van der Waals surface area contributed by atoms with Crippen LogP contribution < -0.4 is 14.4 Å². The summed E-state index contributed by atoms with van der Waals surface area (Å²) in [5.41, 5.74) is 2.85. The van der Waals surface area contributed by atoms with E-state index in [1.54, 1.807) is 24.3 Å². The average Bonchev–Trinajstić information content (AvgIpc) is 3.29. The molecule has 1 heterocycles. The number of allylic oxidation sites excluding steroid dienone is 3. The molecule has 4 atom stereocenters. The number of thioether (sulfide) groups is 1. The van der Waals surface area contributed by atoms with E-state index in [0.29, 0.717) is 24.1 Å². The highest BCUT2D eigenvalue weighted by Gasteiger charge is 2.37. The Morgan fingerprint density at radius 3 is 2.33 bits per heavy atom. The Hall–Kier alpha value is -2.92. The third-order valence-electron chi connectivity index (χ3n) is 11.1. The number of ether oxygens (including phenoxy) is 1. The number of hydrogen-bond donors (Lipinski definition) is 1. The normalized spacial score (nSPS) is 21.6. The van der Waals surface area contributed by atoms with E-state index in [4.69, 9.17) is 16.3 Å². The monoisotopic (exact) mass is 774 g/mol. The molecule has 11 heteroatoms. The lowest BCUT2D eigenvalue weighted by Crippen LogP contribution is -2.37. The van der Waals surface area contributed by atoms with E-state index in [2.05, 4.69) is 31.6 Å². The van der Waals surface area contributed by atoms with Crippen LogP contribution in [0, 0.1) is 41.1 Å². The summed E-state index contributed by atoms with van der Waals surface area (Å²) in [5, 5.41) is 0.822. The Labute approximate surface area is 317 Å². The van der Waals surface area contributed by atoms with Crippen molar-refractivity contribution in [2.45, 2.75) is 89.7 Å². The van der Waals surface area contributed by atoms with Crippen molar-refractivity contribution in [3.8, 4) is 5.75 Å². The summed E-state index contributed by atoms with van der Waals surface area (Å²) in [6.45, 7) is 12.9. The number of halogens is 4. The number of rotatable bonds is 12. The molecule has 5 nitrogen and oxygen atoms in total. The lowest BCUT2D eigenvalue weighted by atomic mass is 9.77. The Morgan fingerprint density at radius 2 is 1.67 bits per heavy atom. The highest BCUT2D eigenvalue weighted by atomic mass is 35.5. The summed E-state index contributed by atoms with van der Waals surface area (Å²) in [6, 6.07) is 13.3. The Balaban J connectivity index is 1.41. The molecule has 0 aromatic heterocycles. The minimum Gasteiger partial charge on any atom is -0.494 e. The second kappa shape index (κ2) is 16.6. The molecule has 5 rings (SSSR count). The molecular formula is C41H50ClF3N2O3S2. The van der Waals surface area contributed by atoms with Gasteiger partial charge in [-0.05, 0) is 110 Å². The van der Waals surface area contributed by atoms with Crippen LogP contribution in [0.2, 0.25) is 5.02 Å². The zero-order chi connectivity index (χ0) is 38.0. The molecule has 1 aliphatic carbocycles. The first kappa shape index (κ1) is 40.3. The summed E-state index contributed by atoms with van der Waals surface area (Å²) in [5.74, 6) is 0.152. The topological polar surface area (TPSA) is 58.6 Å². The van der Waals surface area contributed by atoms with Crippen LogP contribution in [0.3, 0.4) is 0 Å². The lowest BCUT2D eigenvalue weighted by Gasteiger charge is -2.43. The molecule has 2 aliphatic rings. The largest absolute Gasteiger partial charge is 0.494 e. The van der Waals surface area contributed by atoms with Crippen molar-refractivity contribution in [1.82, 2.24) is 4.72 Å². The van der Waals surface area contributed by atoms with Crippen molar-refractivity contribution in [2.75, 3.05) is 18.6 Å². The first-order chi connectivity index (χ1) is 24.6. The van der Waals surface area contributed by atoms with Crippen molar-refractivity contribution in [3.05, 3.63) is 111 Å². The summed E-state index contributed by atoms with van der Waals surface area (Å²) in [7, 11) is -2.57. The quantitative estimate of drug-likeness (QED) is 0.186. The van der Waals surface area contributed by atoms with E-state index in [-0.39, 0.29) is 44.6 Å². The first-order valence-corrected chi connectivity index (χ1v) is 20.8. The van der Waals surface area contributed by atoms with Gasteiger partial charge in [-0.25, -0.2) is 26.3 Å². The third-order valence-corrected chi connectivity index (χ3v) is 14.1. The van der Waals surface area contributed by atoms with Gasteiger partial charge in [0.2, 0.25) is 10.0 Å². The summed E-state index contributed by atoms with van der Waals surface area (Å²) >= 11 is 8.03. The lowest BCUT2D eigenvalue weighted by molar-refractivity contribution is 0.328. The highest BCUT2D eigenvalue weighted by Crippen LogP contribution is 2.48. The fourth-order valence-electron chi connectivity index (χ4n) is 7.37. The average molecular weight is 775 g/mol. The van der Waals surface area contributed by atoms with Crippen molar-refractivity contribution >= 4 is 39.1 Å². The van der Waals surface area contributed by atoms with Gasteiger partial charge in [0.15, 0.2) is 11.6 Å². The van der Waals surface area contributed by atoms with Crippen molar-refractivity contribution in [1.29, 1.82) is 0 Å². The number of benzene rings is 3. The molecule has 4 unspecified atom stereocenters. The summed E-state index contributed by atoms with van der Waals surface area (Å²) in [6.07, 6.45) is 7.34. The van der Waals surface area contributed by atoms with Crippen LogP contribution >= 0.6 is 23.4 Å². The van der Waals surface area contributed by atoms with Gasteiger partial charge in [0, 0.05) is 39.7 Å². The highest BCUT2D eigenvalue weighted by molar-refractivity contribution is 8.02. The molecule has 0 spiro atoms. The maximum atomic E-state index is 15.9. The number of anilines is 1. The van der Waals surface area contributed by atoms with Gasteiger partial charge in [-0.3, -0.25) is 0 Å². The van der Waals surface area contributed by atoms with Crippen LogP contribution in [0.15, 0.2) is 81.9 Å². The predicted molar refractivity (Wildman–Crippen MR) is 208 cm³/mol. The molecule has 1 aliphatic heterocycles. The molecule has 1 saturated carbocycles. The van der Waals surface area contributed by atoms with Gasteiger partial charge in [-0.1, -0.05) is 71.2 Å². The van der Waals surface area contributed by atoms with Crippen molar-refractivity contribution in [2.24, 2.45) is 23.7 Å². The van der Waals surface area contributed by atoms with Gasteiger partial charge in [0.25, 0.3) is 0 Å². The Kier molecular flexibility index (Phi) is 12.9. The fourth-order valence-corrected chi connectivity index (χ4v) is 10.3. The fraction of sp³-hybridized carbons (Fsp3) is 0.463. The molecule has 3 aromatic carbocycles. The van der Waals surface area contributed by atoms with E-state index >= 15 is 4.39 Å². The zero-order valence-corrected chi connectivity index (χ0v) is 33.4. The standard InChI is InChI=1S/C41H50ClF3N2O3S2/c1-8-29-12-11-28(10-9-25(29)2)23-46-52(48,49)33-21-35(42)34(37(45)22-33)24-51-40-27(4)26(3)19-39(47(40)32-16-14-31(43)15-17-32)41(5,6)30-13-18-36(44)38(20-30)50-7/h13-22,25-26,28-29,46H,8-12,23-24H2,1-7H3. The van der Waals surface area contributed by atoms with Gasteiger partial charge in [-0.15, -0.1) is 11.8 Å². The summed E-state index contributed by atoms with van der Waals surface area (Å²) in [4.78, 5) is 1.83. The van der Waals surface area contributed by atoms with E-state index in [0.717, 1.165) is 60.0 Å². The molecule has 0 radical (unpaired) electrons. The van der Waals surface area contributed by atoms with Crippen LogP contribution in [-0.4, -0.2) is 22.1 Å². The van der Waals surface area contributed by atoms with Crippen molar-refractivity contribution in [3.63, 3.8) is 0 Å². The second-order valence-corrected chi connectivity index (χ2v) is 17.9. The van der Waals surface area contributed by atoms with Gasteiger partial charge >= 0.3 is 0 Å². The van der Waals surface area contributed by atoms with Crippen LogP contribution in [0.5, 0.6) is 5.75 Å². The molecule has 0 bridgehead atoms. The smallest absolute Gasteiger partial charge is 0.240 e. The van der Waals surface area contributed by atoms with E-state index in [1.807, 2.05) is 25.7 Å². The number of nitrogens with zero attached hydrogens (tertiary/aromatic N) is 1. The number of hydrogen-bond acceptors (Lipinski definition) is 5. The maximum Gasteiger partial charge on any atom is 0.240 e. The van der Waals surface area contributed by atoms with Gasteiger partial charge in [-0.2, -0.15) is 0 Å². The SMILES string of the molecule is CCC1CCC(CNS(=O)(=O)c2cc(F)c(CSC3=C(C)C(C)C=C(C(C)(C)c4ccc(F)c(OC)c4)N3c3ccc(F)cc3)c(Cl)c2)CCC1C. The van der Waals surface area contributed by atoms with E-state index < -0.39 is 27.1 Å². The number of nitrogens with one attached hydrogen (secondary N) is 1. The minimum atomic E-state index is -3.99. The Bertz CT molecular complexity index is 1910. The van der Waals surface area contributed by atoms with Crippen molar-refractivity contribution < 1.29 is 26.3 Å². The van der Waals surface area contributed by atoms with E-state index in [1.165, 1.54) is 43.1 Å². The number of sulfonamides is 1. The summed E-state index contributed by atoms with van der Waals surface area (Å²) < 4.78 is 79.3. The molecule has 282 valence electrons. The van der Waals surface area contributed by atoms with E-state index in [9.17, 15) is 17.2 Å².